The molecule has 16 heavy (non-hydrogen) atoms. The molecule has 1 aliphatic heterocycles. The summed E-state index contributed by atoms with van der Waals surface area (Å²) in [6, 6.07) is 0. The minimum absolute atomic E-state index is 0.0833. The van der Waals surface area contributed by atoms with E-state index in [4.69, 9.17) is 51.1 Å². The summed E-state index contributed by atoms with van der Waals surface area (Å²) < 4.78 is 3.74. The zero-order valence-corrected chi connectivity index (χ0v) is 10.8. The average molecular weight is 304 g/mol. The lowest BCUT2D eigenvalue weighted by atomic mass is 10.5. The van der Waals surface area contributed by atoms with Gasteiger partial charge in [-0.05, 0) is 11.6 Å². The van der Waals surface area contributed by atoms with Crippen molar-refractivity contribution in [2.45, 2.75) is 10.0 Å². The number of aromatic nitrogens is 3. The molecule has 1 atom stereocenters. The Balaban J connectivity index is 2.27. The average Bonchev–Trinajstić information content (AvgIpc) is 2.65. The molecule has 1 saturated heterocycles. The van der Waals surface area contributed by atoms with Crippen molar-refractivity contribution in [1.82, 2.24) is 15.0 Å². The number of rotatable bonds is 1. The highest BCUT2D eigenvalue weighted by Crippen LogP contribution is 2.37. The third kappa shape index (κ3) is 2.60. The van der Waals surface area contributed by atoms with E-state index in [0.717, 1.165) is 0 Å². The molecule has 9 heteroatoms. The molecule has 0 spiro atoms. The molecule has 1 aliphatic rings. The van der Waals surface area contributed by atoms with Gasteiger partial charge in [0.15, 0.2) is 6.23 Å². The van der Waals surface area contributed by atoms with Gasteiger partial charge >= 0.3 is 0 Å². The molecule has 5 nitrogen and oxygen atoms in total. The molecule has 0 aliphatic carbocycles. The maximum Gasteiger partial charge on any atom is 0.234 e. The summed E-state index contributed by atoms with van der Waals surface area (Å²) in [5, 5.41) is 0.0833. The van der Waals surface area contributed by atoms with Crippen molar-refractivity contribution in [3.8, 4) is 0 Å². The van der Waals surface area contributed by atoms with Gasteiger partial charge in [0.1, 0.15) is 6.33 Å². The van der Waals surface area contributed by atoms with Crippen LogP contribution in [0.2, 0.25) is 5.28 Å². The van der Waals surface area contributed by atoms with Gasteiger partial charge in [0.2, 0.25) is 15.0 Å². The molecule has 0 radical (unpaired) electrons. The minimum Gasteiger partial charge on any atom is -0.352 e. The normalized spacial score (nSPS) is 21.5. The van der Waals surface area contributed by atoms with Crippen LogP contribution >= 0.6 is 46.4 Å². The van der Waals surface area contributed by atoms with Crippen LogP contribution in [0.25, 0.3) is 0 Å². The molecule has 2 rings (SSSR count). The second kappa shape index (κ2) is 4.66. The summed E-state index contributed by atoms with van der Waals surface area (Å²) in [5.74, 6) is 0.328. The van der Waals surface area contributed by atoms with Gasteiger partial charge < -0.3 is 9.64 Å². The van der Waals surface area contributed by atoms with Crippen LogP contribution in [0, 0.1) is 0 Å². The van der Waals surface area contributed by atoms with E-state index in [-0.39, 0.29) is 5.28 Å². The first-order valence-corrected chi connectivity index (χ1v) is 5.79. The Labute approximate surface area is 112 Å². The molecule has 88 valence electrons. The van der Waals surface area contributed by atoms with E-state index in [1.807, 2.05) is 0 Å². The quantitative estimate of drug-likeness (QED) is 0.743. The molecule has 2 heterocycles. The standard InChI is InChI=1S/C7H6Cl4N4O/c8-5-12-3-13-6(14-5)15-1-2-16-4(15)7(9,10)11/h3-4H,1-2H2. The van der Waals surface area contributed by atoms with Crippen LogP contribution in [0.1, 0.15) is 0 Å². The fourth-order valence-electron chi connectivity index (χ4n) is 1.35. The van der Waals surface area contributed by atoms with Gasteiger partial charge in [-0.3, -0.25) is 0 Å². The maximum atomic E-state index is 5.78. The SMILES string of the molecule is Clc1ncnc(N2CCOC2C(Cl)(Cl)Cl)n1. The van der Waals surface area contributed by atoms with Crippen LogP contribution in [0.3, 0.4) is 0 Å². The Bertz CT molecular complexity index is 385. The molecular formula is C7H6Cl4N4O. The van der Waals surface area contributed by atoms with Crippen LogP contribution < -0.4 is 4.90 Å². The Morgan fingerprint density at radius 3 is 2.75 bits per heavy atom. The lowest BCUT2D eigenvalue weighted by Crippen LogP contribution is -2.41. The summed E-state index contributed by atoms with van der Waals surface area (Å²) in [6.45, 7) is 0.959. The Kier molecular flexibility index (Phi) is 3.61. The first-order chi connectivity index (χ1) is 7.48. The highest BCUT2D eigenvalue weighted by Gasteiger charge is 2.42. The number of halogens is 4. The van der Waals surface area contributed by atoms with Gasteiger partial charge in [-0.2, -0.15) is 4.98 Å². The van der Waals surface area contributed by atoms with Crippen LogP contribution in [-0.2, 0) is 4.74 Å². The molecule has 1 aromatic heterocycles. The van der Waals surface area contributed by atoms with Gasteiger partial charge in [0.25, 0.3) is 0 Å². The Morgan fingerprint density at radius 2 is 2.12 bits per heavy atom. The Hall–Kier alpha value is -0.0700. The third-order valence-electron chi connectivity index (χ3n) is 1.96. The number of alkyl halides is 3. The predicted molar refractivity (Wildman–Crippen MR) is 62.2 cm³/mol. The van der Waals surface area contributed by atoms with Crippen LogP contribution in [0.5, 0.6) is 0 Å². The minimum atomic E-state index is -1.57. The van der Waals surface area contributed by atoms with Gasteiger partial charge in [-0.25, -0.2) is 9.97 Å². The fourth-order valence-corrected chi connectivity index (χ4v) is 2.01. The monoisotopic (exact) mass is 302 g/mol. The zero-order valence-electron chi connectivity index (χ0n) is 7.78. The van der Waals surface area contributed by atoms with E-state index in [9.17, 15) is 0 Å². The summed E-state index contributed by atoms with van der Waals surface area (Å²) in [6.07, 6.45) is 0.564. The van der Waals surface area contributed by atoms with Crippen molar-refractivity contribution < 1.29 is 4.74 Å². The number of ether oxygens (including phenoxy) is 1. The van der Waals surface area contributed by atoms with Crippen molar-refractivity contribution in [3.63, 3.8) is 0 Å². The molecular weight excluding hydrogens is 298 g/mol. The van der Waals surface area contributed by atoms with Gasteiger partial charge in [0.05, 0.1) is 6.61 Å². The Morgan fingerprint density at radius 1 is 1.38 bits per heavy atom. The second-order valence-electron chi connectivity index (χ2n) is 3.01. The van der Waals surface area contributed by atoms with Crippen LogP contribution in [-0.4, -0.2) is 38.1 Å². The molecule has 1 fully saturated rings. The first-order valence-electron chi connectivity index (χ1n) is 4.28. The first kappa shape index (κ1) is 12.4. The van der Waals surface area contributed by atoms with E-state index in [2.05, 4.69) is 15.0 Å². The second-order valence-corrected chi connectivity index (χ2v) is 5.72. The van der Waals surface area contributed by atoms with Gasteiger partial charge in [0, 0.05) is 6.54 Å². The molecule has 1 unspecified atom stereocenters. The molecule has 1 aromatic rings. The van der Waals surface area contributed by atoms with Crippen LogP contribution in [0.4, 0.5) is 5.95 Å². The molecule has 0 bridgehead atoms. The zero-order chi connectivity index (χ0) is 11.8. The largest absolute Gasteiger partial charge is 0.352 e. The fraction of sp³-hybridized carbons (Fsp3) is 0.571. The molecule has 0 amide bonds. The summed E-state index contributed by atoms with van der Waals surface area (Å²) in [7, 11) is 0. The number of nitrogens with zero attached hydrogens (tertiary/aromatic N) is 4. The maximum absolute atomic E-state index is 5.78. The van der Waals surface area contributed by atoms with E-state index in [1.165, 1.54) is 6.33 Å². The van der Waals surface area contributed by atoms with E-state index >= 15 is 0 Å². The number of hydrogen-bond acceptors (Lipinski definition) is 5. The smallest absolute Gasteiger partial charge is 0.234 e. The lowest BCUT2D eigenvalue weighted by molar-refractivity contribution is 0.115. The lowest BCUT2D eigenvalue weighted by Gasteiger charge is -2.27. The predicted octanol–water partition coefficient (Wildman–Crippen LogP) is 2.06. The number of anilines is 1. The van der Waals surface area contributed by atoms with Crippen molar-refractivity contribution in [2.75, 3.05) is 18.1 Å². The molecule has 0 aromatic carbocycles. The summed E-state index contributed by atoms with van der Waals surface area (Å²) in [4.78, 5) is 13.2. The third-order valence-corrected chi connectivity index (χ3v) is 2.70. The van der Waals surface area contributed by atoms with E-state index in [0.29, 0.717) is 19.1 Å². The van der Waals surface area contributed by atoms with E-state index < -0.39 is 10.0 Å². The number of hydrogen-bond donors (Lipinski definition) is 0. The van der Waals surface area contributed by atoms with Crippen molar-refractivity contribution in [2.24, 2.45) is 0 Å². The van der Waals surface area contributed by atoms with Gasteiger partial charge in [-0.1, -0.05) is 34.8 Å². The molecule has 0 saturated carbocycles. The van der Waals surface area contributed by atoms with Crippen molar-refractivity contribution in [3.05, 3.63) is 11.6 Å². The van der Waals surface area contributed by atoms with E-state index in [1.54, 1.807) is 4.90 Å². The highest BCUT2D eigenvalue weighted by molar-refractivity contribution is 6.68. The van der Waals surface area contributed by atoms with Crippen molar-refractivity contribution in [1.29, 1.82) is 0 Å². The summed E-state index contributed by atoms with van der Waals surface area (Å²) in [5.41, 5.74) is 0. The molecule has 0 N–H and O–H groups in total. The highest BCUT2D eigenvalue weighted by atomic mass is 35.6. The summed E-state index contributed by atoms with van der Waals surface area (Å²) >= 11 is 23.0. The van der Waals surface area contributed by atoms with Gasteiger partial charge in [-0.15, -0.1) is 0 Å². The van der Waals surface area contributed by atoms with Crippen molar-refractivity contribution >= 4 is 52.4 Å². The topological polar surface area (TPSA) is 51.1 Å². The van der Waals surface area contributed by atoms with Crippen LogP contribution in [0.15, 0.2) is 6.33 Å².